The fourth-order valence-corrected chi connectivity index (χ4v) is 3.24. The Morgan fingerprint density at radius 2 is 2.05 bits per heavy atom. The maximum absolute atomic E-state index is 12.3. The number of nitrogens with zero attached hydrogens (tertiary/aromatic N) is 1. The highest BCUT2D eigenvalue weighted by Gasteiger charge is 2.43. The fourth-order valence-electron chi connectivity index (χ4n) is 3.24. The van der Waals surface area contributed by atoms with Crippen molar-refractivity contribution in [2.24, 2.45) is 11.8 Å². The summed E-state index contributed by atoms with van der Waals surface area (Å²) in [4.78, 5) is 24.9. The van der Waals surface area contributed by atoms with Crippen LogP contribution in [0, 0.1) is 11.8 Å². The van der Waals surface area contributed by atoms with Crippen LogP contribution in [-0.4, -0.2) is 55.6 Å². The molecule has 120 valence electrons. The van der Waals surface area contributed by atoms with Gasteiger partial charge in [-0.2, -0.15) is 13.2 Å². The predicted octanol–water partition coefficient (Wildman–Crippen LogP) is 0.511. The summed E-state index contributed by atoms with van der Waals surface area (Å²) < 4.78 is 36.0. The summed E-state index contributed by atoms with van der Waals surface area (Å²) in [5.41, 5.74) is 0. The molecule has 0 aromatic heterocycles. The van der Waals surface area contributed by atoms with Crippen molar-refractivity contribution < 1.29 is 22.8 Å². The summed E-state index contributed by atoms with van der Waals surface area (Å²) in [5, 5.41) is 4.93. The molecule has 21 heavy (non-hydrogen) atoms. The first-order chi connectivity index (χ1) is 9.78. The van der Waals surface area contributed by atoms with E-state index in [2.05, 4.69) is 5.32 Å². The highest BCUT2D eigenvalue weighted by molar-refractivity contribution is 5.87. The number of likely N-dealkylation sites (N-methyl/N-ethyl adjacent to an activating group) is 1. The summed E-state index contributed by atoms with van der Waals surface area (Å²) in [7, 11) is 1.44. The van der Waals surface area contributed by atoms with Crippen LogP contribution in [0.25, 0.3) is 0 Å². The molecule has 8 heteroatoms. The van der Waals surface area contributed by atoms with Gasteiger partial charge in [0, 0.05) is 7.05 Å². The van der Waals surface area contributed by atoms with Gasteiger partial charge in [0.2, 0.25) is 11.8 Å². The van der Waals surface area contributed by atoms with Crippen LogP contribution in [0.15, 0.2) is 0 Å². The minimum atomic E-state index is -4.44. The van der Waals surface area contributed by atoms with E-state index in [0.717, 1.165) is 25.8 Å². The van der Waals surface area contributed by atoms with Crippen LogP contribution in [0.5, 0.6) is 0 Å². The van der Waals surface area contributed by atoms with E-state index in [1.807, 2.05) is 0 Å². The Hall–Kier alpha value is -1.31. The van der Waals surface area contributed by atoms with Crippen LogP contribution < -0.4 is 10.6 Å². The summed E-state index contributed by atoms with van der Waals surface area (Å²) in [6, 6.07) is -0.307. The standard InChI is InChI=1S/C13H20F3N3O2/c1-19(6-10(20)18-7-13(14,15)16)12(21)11-9-4-2-3-8(9)5-17-11/h8-9,11,17H,2-7H2,1H3,(H,18,20). The summed E-state index contributed by atoms with van der Waals surface area (Å²) in [6.45, 7) is -0.931. The van der Waals surface area contributed by atoms with E-state index in [1.54, 1.807) is 5.32 Å². The zero-order chi connectivity index (χ0) is 15.6. The molecule has 5 nitrogen and oxygen atoms in total. The normalized spacial score (nSPS) is 28.3. The minimum absolute atomic E-state index is 0.216. The largest absolute Gasteiger partial charge is 0.405 e. The van der Waals surface area contributed by atoms with Gasteiger partial charge in [0.25, 0.3) is 0 Å². The number of halogens is 3. The van der Waals surface area contributed by atoms with Crippen molar-refractivity contribution in [1.82, 2.24) is 15.5 Å². The van der Waals surface area contributed by atoms with E-state index < -0.39 is 18.6 Å². The van der Waals surface area contributed by atoms with E-state index in [1.165, 1.54) is 11.9 Å². The molecule has 2 rings (SSSR count). The maximum Gasteiger partial charge on any atom is 0.405 e. The van der Waals surface area contributed by atoms with Gasteiger partial charge in [-0.1, -0.05) is 6.42 Å². The third kappa shape index (κ3) is 4.09. The van der Waals surface area contributed by atoms with Crippen molar-refractivity contribution >= 4 is 11.8 Å². The lowest BCUT2D eigenvalue weighted by atomic mass is 9.93. The topological polar surface area (TPSA) is 61.4 Å². The highest BCUT2D eigenvalue weighted by atomic mass is 19.4. The van der Waals surface area contributed by atoms with Crippen molar-refractivity contribution in [3.63, 3.8) is 0 Å². The Bertz CT molecular complexity index is 414. The molecule has 2 aliphatic rings. The molecule has 0 bridgehead atoms. The molecule has 2 amide bonds. The molecule has 3 unspecified atom stereocenters. The van der Waals surface area contributed by atoms with Gasteiger partial charge in [0.1, 0.15) is 6.54 Å². The van der Waals surface area contributed by atoms with E-state index >= 15 is 0 Å². The van der Waals surface area contributed by atoms with Crippen LogP contribution in [0.2, 0.25) is 0 Å². The van der Waals surface area contributed by atoms with Gasteiger partial charge in [-0.25, -0.2) is 0 Å². The lowest BCUT2D eigenvalue weighted by Gasteiger charge is -2.24. The number of hydrogen-bond acceptors (Lipinski definition) is 3. The summed E-state index contributed by atoms with van der Waals surface area (Å²) in [5.74, 6) is -0.222. The average Bonchev–Trinajstić information content (AvgIpc) is 2.96. The lowest BCUT2D eigenvalue weighted by Crippen LogP contribution is -2.48. The first-order valence-corrected chi connectivity index (χ1v) is 7.10. The molecular weight excluding hydrogens is 287 g/mol. The van der Waals surface area contributed by atoms with E-state index in [4.69, 9.17) is 0 Å². The molecule has 1 saturated carbocycles. The molecule has 0 aromatic rings. The van der Waals surface area contributed by atoms with Crippen LogP contribution >= 0.6 is 0 Å². The number of fused-ring (bicyclic) bond motifs is 1. The molecular formula is C13H20F3N3O2. The molecule has 0 radical (unpaired) electrons. The van der Waals surface area contributed by atoms with Crippen LogP contribution in [0.1, 0.15) is 19.3 Å². The van der Waals surface area contributed by atoms with Gasteiger partial charge in [-0.15, -0.1) is 0 Å². The Balaban J connectivity index is 1.81. The van der Waals surface area contributed by atoms with E-state index in [9.17, 15) is 22.8 Å². The smallest absolute Gasteiger partial charge is 0.345 e. The molecule has 2 fully saturated rings. The second kappa shape index (κ2) is 6.21. The SMILES string of the molecule is CN(CC(=O)NCC(F)(F)F)C(=O)C1NCC2CCCC21. The second-order valence-electron chi connectivity index (χ2n) is 5.83. The zero-order valence-corrected chi connectivity index (χ0v) is 11.9. The van der Waals surface area contributed by atoms with Gasteiger partial charge >= 0.3 is 6.18 Å². The molecule has 1 heterocycles. The van der Waals surface area contributed by atoms with Gasteiger partial charge in [-0.3, -0.25) is 9.59 Å². The monoisotopic (exact) mass is 307 g/mol. The summed E-state index contributed by atoms with van der Waals surface area (Å²) >= 11 is 0. The zero-order valence-electron chi connectivity index (χ0n) is 11.9. The Labute approximate surface area is 121 Å². The molecule has 1 aliphatic carbocycles. The van der Waals surface area contributed by atoms with Gasteiger partial charge in [-0.05, 0) is 31.2 Å². The fraction of sp³-hybridized carbons (Fsp3) is 0.846. The third-order valence-corrected chi connectivity index (χ3v) is 4.26. The minimum Gasteiger partial charge on any atom is -0.345 e. The maximum atomic E-state index is 12.3. The third-order valence-electron chi connectivity index (χ3n) is 4.26. The van der Waals surface area contributed by atoms with E-state index in [0.29, 0.717) is 5.92 Å². The number of rotatable bonds is 4. The van der Waals surface area contributed by atoms with E-state index in [-0.39, 0.29) is 24.4 Å². The van der Waals surface area contributed by atoms with Crippen LogP contribution in [-0.2, 0) is 9.59 Å². The lowest BCUT2D eigenvalue weighted by molar-refractivity contribution is -0.142. The number of hydrogen-bond donors (Lipinski definition) is 2. The van der Waals surface area contributed by atoms with Crippen molar-refractivity contribution in [2.75, 3.05) is 26.7 Å². The van der Waals surface area contributed by atoms with Crippen molar-refractivity contribution in [2.45, 2.75) is 31.5 Å². The Morgan fingerprint density at radius 3 is 2.71 bits per heavy atom. The molecule has 0 aromatic carbocycles. The van der Waals surface area contributed by atoms with Crippen molar-refractivity contribution in [3.05, 3.63) is 0 Å². The predicted molar refractivity (Wildman–Crippen MR) is 69.3 cm³/mol. The first-order valence-electron chi connectivity index (χ1n) is 7.10. The molecule has 2 N–H and O–H groups in total. The number of carbonyl (C=O) groups is 2. The molecule has 3 atom stereocenters. The number of carbonyl (C=O) groups excluding carboxylic acids is 2. The van der Waals surface area contributed by atoms with Crippen molar-refractivity contribution in [1.29, 1.82) is 0 Å². The Kier molecular flexibility index (Phi) is 4.75. The number of amides is 2. The van der Waals surface area contributed by atoms with Gasteiger partial charge < -0.3 is 15.5 Å². The van der Waals surface area contributed by atoms with Crippen LogP contribution in [0.3, 0.4) is 0 Å². The number of alkyl halides is 3. The van der Waals surface area contributed by atoms with Crippen LogP contribution in [0.4, 0.5) is 13.2 Å². The average molecular weight is 307 g/mol. The van der Waals surface area contributed by atoms with Crippen molar-refractivity contribution in [3.8, 4) is 0 Å². The second-order valence-corrected chi connectivity index (χ2v) is 5.83. The molecule has 1 saturated heterocycles. The Morgan fingerprint density at radius 1 is 1.33 bits per heavy atom. The first kappa shape index (κ1) is 16.1. The quantitative estimate of drug-likeness (QED) is 0.796. The highest BCUT2D eigenvalue weighted by Crippen LogP contribution is 2.38. The molecule has 0 spiro atoms. The number of nitrogens with one attached hydrogen (secondary N) is 2. The van der Waals surface area contributed by atoms with Gasteiger partial charge in [0.05, 0.1) is 12.6 Å². The van der Waals surface area contributed by atoms with Gasteiger partial charge in [0.15, 0.2) is 0 Å². The summed E-state index contributed by atoms with van der Waals surface area (Å²) in [6.07, 6.45) is -1.24. The molecule has 1 aliphatic heterocycles.